The maximum Gasteiger partial charge on any atom is 0.244 e. The van der Waals surface area contributed by atoms with Crippen LogP contribution in [0.4, 0.5) is 0 Å². The van der Waals surface area contributed by atoms with Gasteiger partial charge in [0.05, 0.1) is 13.2 Å². The number of hydrogen-bond acceptors (Lipinski definition) is 3. The molecule has 4 heteroatoms. The second-order valence-corrected chi connectivity index (χ2v) is 6.31. The molecule has 1 atom stereocenters. The number of hydrogen-bond donors (Lipinski definition) is 1. The van der Waals surface area contributed by atoms with Crippen LogP contribution in [0.15, 0.2) is 54.6 Å². The summed E-state index contributed by atoms with van der Waals surface area (Å²) in [7, 11) is 5.62. The van der Waals surface area contributed by atoms with E-state index < -0.39 is 0 Å². The number of likely N-dealkylation sites (N-methyl/N-ethyl adjacent to an activating group) is 1. The van der Waals surface area contributed by atoms with Crippen LogP contribution < -0.4 is 10.1 Å². The van der Waals surface area contributed by atoms with E-state index in [-0.39, 0.29) is 11.9 Å². The summed E-state index contributed by atoms with van der Waals surface area (Å²) >= 11 is 0. The van der Waals surface area contributed by atoms with E-state index >= 15 is 0 Å². The fourth-order valence-electron chi connectivity index (χ4n) is 2.65. The number of benzene rings is 2. The Hall–Kier alpha value is -2.59. The quantitative estimate of drug-likeness (QED) is 0.787. The lowest BCUT2D eigenvalue weighted by molar-refractivity contribution is -0.117. The summed E-state index contributed by atoms with van der Waals surface area (Å²) in [4.78, 5) is 14.5. The SMILES string of the molecule is COc1ccc(C)cc1/C=C/C(=O)NC(CN(C)C)c1ccccc1. The van der Waals surface area contributed by atoms with Gasteiger partial charge in [0, 0.05) is 18.2 Å². The van der Waals surface area contributed by atoms with Gasteiger partial charge in [0.2, 0.25) is 5.91 Å². The maximum absolute atomic E-state index is 12.4. The predicted molar refractivity (Wildman–Crippen MR) is 103 cm³/mol. The zero-order valence-corrected chi connectivity index (χ0v) is 15.3. The largest absolute Gasteiger partial charge is 0.496 e. The van der Waals surface area contributed by atoms with Gasteiger partial charge >= 0.3 is 0 Å². The Morgan fingerprint density at radius 2 is 1.92 bits per heavy atom. The van der Waals surface area contributed by atoms with Gasteiger partial charge in [0.15, 0.2) is 0 Å². The standard InChI is InChI=1S/C21H26N2O2/c1-16-10-12-20(25-4)18(14-16)11-13-21(24)22-19(15-23(2)3)17-8-6-5-7-9-17/h5-14,19H,15H2,1-4H3,(H,22,24)/b13-11+. The molecule has 2 aromatic carbocycles. The molecular formula is C21H26N2O2. The van der Waals surface area contributed by atoms with Crippen molar-refractivity contribution in [3.05, 3.63) is 71.3 Å². The van der Waals surface area contributed by atoms with Crippen molar-refractivity contribution in [2.24, 2.45) is 0 Å². The molecule has 0 saturated carbocycles. The van der Waals surface area contributed by atoms with Gasteiger partial charge in [0.25, 0.3) is 0 Å². The molecule has 0 bridgehead atoms. The molecule has 1 N–H and O–H groups in total. The summed E-state index contributed by atoms with van der Waals surface area (Å²) in [6.07, 6.45) is 3.35. The van der Waals surface area contributed by atoms with Crippen molar-refractivity contribution in [2.45, 2.75) is 13.0 Å². The molecule has 1 amide bonds. The van der Waals surface area contributed by atoms with Crippen LogP contribution in [0.1, 0.15) is 22.7 Å². The van der Waals surface area contributed by atoms with E-state index in [4.69, 9.17) is 4.74 Å². The molecule has 0 heterocycles. The average molecular weight is 338 g/mol. The monoisotopic (exact) mass is 338 g/mol. The van der Waals surface area contributed by atoms with Crippen LogP contribution in [0.2, 0.25) is 0 Å². The molecule has 132 valence electrons. The average Bonchev–Trinajstić information content (AvgIpc) is 2.60. The Morgan fingerprint density at radius 3 is 2.56 bits per heavy atom. The van der Waals surface area contributed by atoms with Crippen LogP contribution in [0.3, 0.4) is 0 Å². The Balaban J connectivity index is 2.12. The minimum Gasteiger partial charge on any atom is -0.496 e. The van der Waals surface area contributed by atoms with E-state index in [0.29, 0.717) is 0 Å². The number of ether oxygens (including phenoxy) is 1. The molecule has 25 heavy (non-hydrogen) atoms. The molecule has 2 aromatic rings. The lowest BCUT2D eigenvalue weighted by atomic mass is 10.1. The lowest BCUT2D eigenvalue weighted by Gasteiger charge is -2.22. The van der Waals surface area contributed by atoms with E-state index in [1.165, 1.54) is 0 Å². The van der Waals surface area contributed by atoms with Crippen molar-refractivity contribution in [1.82, 2.24) is 10.2 Å². The fourth-order valence-corrected chi connectivity index (χ4v) is 2.65. The highest BCUT2D eigenvalue weighted by Gasteiger charge is 2.14. The number of carbonyl (C=O) groups excluding carboxylic acids is 1. The summed E-state index contributed by atoms with van der Waals surface area (Å²) < 4.78 is 5.35. The third-order valence-electron chi connectivity index (χ3n) is 3.87. The van der Waals surface area contributed by atoms with Crippen molar-refractivity contribution < 1.29 is 9.53 Å². The van der Waals surface area contributed by atoms with Gasteiger partial charge in [0.1, 0.15) is 5.75 Å². The highest BCUT2D eigenvalue weighted by molar-refractivity contribution is 5.92. The Labute approximate surface area is 150 Å². The summed E-state index contributed by atoms with van der Waals surface area (Å²) in [5.41, 5.74) is 3.10. The minimum atomic E-state index is -0.126. The fraction of sp³-hybridized carbons (Fsp3) is 0.286. The molecule has 0 saturated heterocycles. The van der Waals surface area contributed by atoms with E-state index in [2.05, 4.69) is 10.2 Å². The molecule has 0 radical (unpaired) electrons. The number of rotatable bonds is 7. The number of nitrogens with one attached hydrogen (secondary N) is 1. The predicted octanol–water partition coefficient (Wildman–Crippen LogP) is 3.44. The van der Waals surface area contributed by atoms with Gasteiger partial charge < -0.3 is 15.0 Å². The van der Waals surface area contributed by atoms with Crippen molar-refractivity contribution in [1.29, 1.82) is 0 Å². The minimum absolute atomic E-state index is 0.0623. The second-order valence-electron chi connectivity index (χ2n) is 6.31. The van der Waals surface area contributed by atoms with Crippen LogP contribution in [-0.2, 0) is 4.79 Å². The van der Waals surface area contributed by atoms with Gasteiger partial charge in [-0.2, -0.15) is 0 Å². The van der Waals surface area contributed by atoms with E-state index in [0.717, 1.165) is 29.0 Å². The van der Waals surface area contributed by atoms with Crippen LogP contribution in [0.25, 0.3) is 6.08 Å². The zero-order valence-electron chi connectivity index (χ0n) is 15.3. The number of aryl methyl sites for hydroxylation is 1. The van der Waals surface area contributed by atoms with Crippen molar-refractivity contribution >= 4 is 12.0 Å². The molecule has 4 nitrogen and oxygen atoms in total. The molecule has 1 unspecified atom stereocenters. The van der Waals surface area contributed by atoms with Gasteiger partial charge in [-0.25, -0.2) is 0 Å². The van der Waals surface area contributed by atoms with Crippen molar-refractivity contribution in [3.63, 3.8) is 0 Å². The first-order chi connectivity index (χ1) is 12.0. The highest BCUT2D eigenvalue weighted by atomic mass is 16.5. The molecule has 0 fully saturated rings. The first-order valence-corrected chi connectivity index (χ1v) is 8.32. The van der Waals surface area contributed by atoms with E-state index in [9.17, 15) is 4.79 Å². The molecule has 0 aliphatic carbocycles. The van der Waals surface area contributed by atoms with Gasteiger partial charge in [-0.1, -0.05) is 42.0 Å². The second kappa shape index (κ2) is 9.04. The number of carbonyl (C=O) groups is 1. The molecule has 0 aliphatic heterocycles. The highest BCUT2D eigenvalue weighted by Crippen LogP contribution is 2.21. The topological polar surface area (TPSA) is 41.6 Å². The van der Waals surface area contributed by atoms with Gasteiger partial charge in [-0.3, -0.25) is 4.79 Å². The summed E-state index contributed by atoms with van der Waals surface area (Å²) in [6.45, 7) is 2.75. The Kier molecular flexibility index (Phi) is 6.78. The van der Waals surface area contributed by atoms with Crippen LogP contribution in [0.5, 0.6) is 5.75 Å². The number of nitrogens with zero attached hydrogens (tertiary/aromatic N) is 1. The van der Waals surface area contributed by atoms with E-state index in [1.54, 1.807) is 19.3 Å². The van der Waals surface area contributed by atoms with Crippen LogP contribution in [-0.4, -0.2) is 38.6 Å². The summed E-state index contributed by atoms with van der Waals surface area (Å²) in [5.74, 6) is 0.627. The molecule has 0 aliphatic rings. The molecule has 2 rings (SSSR count). The van der Waals surface area contributed by atoms with Gasteiger partial charge in [-0.05, 0) is 44.8 Å². The first kappa shape index (κ1) is 18.7. The lowest BCUT2D eigenvalue weighted by Crippen LogP contribution is -2.34. The third kappa shape index (κ3) is 5.76. The molecular weight excluding hydrogens is 312 g/mol. The van der Waals surface area contributed by atoms with Crippen molar-refractivity contribution in [2.75, 3.05) is 27.7 Å². The molecule has 0 spiro atoms. The normalized spacial score (nSPS) is 12.4. The van der Waals surface area contributed by atoms with Gasteiger partial charge in [-0.15, -0.1) is 0 Å². The third-order valence-corrected chi connectivity index (χ3v) is 3.87. The Bertz CT molecular complexity index is 724. The zero-order chi connectivity index (χ0) is 18.2. The summed E-state index contributed by atoms with van der Waals surface area (Å²) in [6, 6.07) is 15.8. The molecule has 0 aromatic heterocycles. The first-order valence-electron chi connectivity index (χ1n) is 8.32. The van der Waals surface area contributed by atoms with Crippen LogP contribution in [0, 0.1) is 6.92 Å². The van der Waals surface area contributed by atoms with Crippen LogP contribution >= 0.6 is 0 Å². The maximum atomic E-state index is 12.4. The smallest absolute Gasteiger partial charge is 0.244 e. The number of amides is 1. The summed E-state index contributed by atoms with van der Waals surface area (Å²) in [5, 5.41) is 3.08. The number of methoxy groups -OCH3 is 1. The van der Waals surface area contributed by atoms with E-state index in [1.807, 2.05) is 69.6 Å². The Morgan fingerprint density at radius 1 is 1.20 bits per heavy atom. The van der Waals surface area contributed by atoms with Crippen molar-refractivity contribution in [3.8, 4) is 5.75 Å².